The molecule has 0 spiro atoms. The number of methoxy groups -OCH3 is 4. The number of aromatic nitrogens is 8. The van der Waals surface area contributed by atoms with Gasteiger partial charge in [0.15, 0.2) is 11.3 Å². The van der Waals surface area contributed by atoms with Crippen LogP contribution in [0.5, 0.6) is 23.0 Å². The maximum atomic E-state index is 13.3. The number of halogens is 4. The molecule has 4 aromatic carbocycles. The smallest absolute Gasteiger partial charge is 0.278 e. The molecule has 0 aliphatic rings. The van der Waals surface area contributed by atoms with Crippen molar-refractivity contribution in [1.29, 1.82) is 0 Å². The molecular weight excluding hydrogens is 964 g/mol. The molecule has 23 heteroatoms. The number of ether oxygens (including phenoxy) is 4. The summed E-state index contributed by atoms with van der Waals surface area (Å²) in [6.45, 7) is 3.70. The molecule has 0 radical (unpaired) electrons. The number of benzene rings is 4. The van der Waals surface area contributed by atoms with Gasteiger partial charge in [0.2, 0.25) is 5.95 Å². The predicted octanol–water partition coefficient (Wildman–Crippen LogP) is 8.87. The van der Waals surface area contributed by atoms with Crippen LogP contribution in [0.1, 0.15) is 22.5 Å². The summed E-state index contributed by atoms with van der Waals surface area (Å²) in [5.74, 6) is 1.69. The molecule has 3 N–H and O–H groups in total. The first-order chi connectivity index (χ1) is 32.4. The van der Waals surface area contributed by atoms with E-state index in [4.69, 9.17) is 71.1 Å². The lowest BCUT2D eigenvalue weighted by Crippen LogP contribution is -2.22. The van der Waals surface area contributed by atoms with E-state index in [2.05, 4.69) is 35.2 Å². The zero-order chi connectivity index (χ0) is 49.3. The number of fused-ring (bicyclic) bond motifs is 2. The van der Waals surface area contributed by atoms with E-state index in [1.807, 2.05) is 19.1 Å². The van der Waals surface area contributed by atoms with Crippen LogP contribution < -0.4 is 41.1 Å². The third-order valence-electron chi connectivity index (χ3n) is 10.7. The SMILES string of the molecule is COc1cc(OC)c(Cl)c(-c2nc3cnc(Cc4c(C)cccc4[N+](=O)[O-])nc3n(C)c2=O)c1Cl.COc1cc(OC)c(Cl)c(-c2nc3cnc(Nc4c(C)cccc4N)nc3n(C)c2=O)c1Cl. The molecule has 8 rings (SSSR count). The van der Waals surface area contributed by atoms with Gasteiger partial charge in [-0.1, -0.05) is 70.7 Å². The number of hydrogen-bond acceptors (Lipinski definition) is 16. The average molecular weight is 1000 g/mol. The van der Waals surface area contributed by atoms with Crippen molar-refractivity contribution in [2.75, 3.05) is 39.5 Å². The fourth-order valence-electron chi connectivity index (χ4n) is 7.14. The molecule has 0 atom stereocenters. The lowest BCUT2D eigenvalue weighted by molar-refractivity contribution is -0.385. The second-order valence-electron chi connectivity index (χ2n) is 14.8. The van der Waals surface area contributed by atoms with E-state index >= 15 is 0 Å². The van der Waals surface area contributed by atoms with Gasteiger partial charge in [0.05, 0.1) is 88.3 Å². The minimum absolute atomic E-state index is 0.0182. The number of nitrogens with zero attached hydrogens (tertiary/aromatic N) is 9. The Hall–Kier alpha value is -7.32. The molecule has 0 aliphatic carbocycles. The number of anilines is 3. The van der Waals surface area contributed by atoms with Crippen LogP contribution in [0.15, 0.2) is 70.5 Å². The molecule has 68 heavy (non-hydrogen) atoms. The Balaban J connectivity index is 0.000000202. The summed E-state index contributed by atoms with van der Waals surface area (Å²) in [5.41, 5.74) is 10.1. The lowest BCUT2D eigenvalue weighted by atomic mass is 10.0. The lowest BCUT2D eigenvalue weighted by Gasteiger charge is -2.15. The highest BCUT2D eigenvalue weighted by Crippen LogP contribution is 2.46. The molecule has 8 aromatic rings. The van der Waals surface area contributed by atoms with Gasteiger partial charge in [-0.2, -0.15) is 4.98 Å². The monoisotopic (exact) mass is 1000 g/mol. The van der Waals surface area contributed by atoms with Gasteiger partial charge in [0, 0.05) is 44.3 Å². The molecule has 0 aliphatic heterocycles. The van der Waals surface area contributed by atoms with Crippen molar-refractivity contribution in [2.45, 2.75) is 20.3 Å². The maximum Gasteiger partial charge on any atom is 0.278 e. The Morgan fingerprint density at radius 2 is 1.13 bits per heavy atom. The molecule has 0 bridgehead atoms. The van der Waals surface area contributed by atoms with E-state index in [0.29, 0.717) is 50.9 Å². The zero-order valence-electron chi connectivity index (χ0n) is 37.4. The Bertz CT molecular complexity index is 3390. The highest BCUT2D eigenvalue weighted by Gasteiger charge is 2.26. The summed E-state index contributed by atoms with van der Waals surface area (Å²) >= 11 is 26.0. The highest BCUT2D eigenvalue weighted by atomic mass is 35.5. The Labute approximate surface area is 406 Å². The number of nitrogen functional groups attached to an aromatic ring is 1. The number of nitrogens with two attached hydrogens (primary N) is 1. The Kier molecular flexibility index (Phi) is 14.2. The van der Waals surface area contributed by atoms with Crippen molar-refractivity contribution < 1.29 is 23.9 Å². The summed E-state index contributed by atoms with van der Waals surface area (Å²) in [6.07, 6.45) is 3.06. The first kappa shape index (κ1) is 48.6. The van der Waals surface area contributed by atoms with Crippen LogP contribution in [0.25, 0.3) is 44.8 Å². The van der Waals surface area contributed by atoms with E-state index in [1.54, 1.807) is 32.2 Å². The molecule has 0 saturated heterocycles. The minimum Gasteiger partial charge on any atom is -0.495 e. The normalized spacial score (nSPS) is 11.0. The van der Waals surface area contributed by atoms with E-state index in [-0.39, 0.29) is 77.8 Å². The summed E-state index contributed by atoms with van der Waals surface area (Å²) in [5, 5.41) is 15.1. The fourth-order valence-corrected chi connectivity index (χ4v) is 8.50. The van der Waals surface area contributed by atoms with Gasteiger partial charge >= 0.3 is 0 Å². The molecular formula is C45H39Cl4N11O8. The molecule has 350 valence electrons. The number of nitro groups is 1. The fraction of sp³-hybridized carbons (Fsp3) is 0.200. The van der Waals surface area contributed by atoms with E-state index in [0.717, 1.165) is 11.1 Å². The maximum absolute atomic E-state index is 13.3. The molecule has 0 fully saturated rings. The summed E-state index contributed by atoms with van der Waals surface area (Å²) in [6, 6.07) is 13.4. The molecule has 19 nitrogen and oxygen atoms in total. The first-order valence-electron chi connectivity index (χ1n) is 20.0. The third kappa shape index (κ3) is 9.07. The van der Waals surface area contributed by atoms with Crippen molar-refractivity contribution in [3.63, 3.8) is 0 Å². The van der Waals surface area contributed by atoms with Crippen molar-refractivity contribution in [2.24, 2.45) is 14.1 Å². The summed E-state index contributed by atoms with van der Waals surface area (Å²) in [7, 11) is 8.87. The number of aryl methyl sites for hydroxylation is 4. The summed E-state index contributed by atoms with van der Waals surface area (Å²) in [4.78, 5) is 64.1. The quantitative estimate of drug-likeness (QED) is 0.0698. The van der Waals surface area contributed by atoms with Crippen LogP contribution in [0.3, 0.4) is 0 Å². The molecule has 4 heterocycles. The van der Waals surface area contributed by atoms with Gasteiger partial charge < -0.3 is 30.0 Å². The number of nitrogens with one attached hydrogen (secondary N) is 1. The third-order valence-corrected chi connectivity index (χ3v) is 12.2. The number of hydrogen-bond donors (Lipinski definition) is 2. The number of nitro benzene ring substituents is 1. The van der Waals surface area contributed by atoms with Gasteiger partial charge in [0.1, 0.15) is 51.2 Å². The average Bonchev–Trinajstić information content (AvgIpc) is 3.32. The first-order valence-corrected chi connectivity index (χ1v) is 21.5. The number of rotatable bonds is 11. The Morgan fingerprint density at radius 1 is 0.676 bits per heavy atom. The van der Waals surface area contributed by atoms with Gasteiger partial charge in [0.25, 0.3) is 16.8 Å². The zero-order valence-corrected chi connectivity index (χ0v) is 40.4. The summed E-state index contributed by atoms with van der Waals surface area (Å²) < 4.78 is 23.8. The van der Waals surface area contributed by atoms with Gasteiger partial charge in [-0.05, 0) is 31.0 Å². The van der Waals surface area contributed by atoms with Crippen LogP contribution in [-0.2, 0) is 20.5 Å². The molecule has 4 aromatic heterocycles. The van der Waals surface area contributed by atoms with E-state index < -0.39 is 16.0 Å². The highest BCUT2D eigenvalue weighted by molar-refractivity contribution is 6.41. The van der Waals surface area contributed by atoms with E-state index in [9.17, 15) is 19.7 Å². The molecule has 0 saturated carbocycles. The van der Waals surface area contributed by atoms with Gasteiger partial charge in [-0.15, -0.1) is 0 Å². The van der Waals surface area contributed by atoms with Crippen LogP contribution >= 0.6 is 46.4 Å². The van der Waals surface area contributed by atoms with Gasteiger partial charge in [-0.3, -0.25) is 28.8 Å². The second-order valence-corrected chi connectivity index (χ2v) is 16.3. The topological polar surface area (TPSA) is 239 Å². The predicted molar refractivity (Wildman–Crippen MR) is 262 cm³/mol. The van der Waals surface area contributed by atoms with Crippen LogP contribution in [0.4, 0.5) is 23.0 Å². The largest absolute Gasteiger partial charge is 0.495 e. The van der Waals surface area contributed by atoms with Crippen molar-refractivity contribution >= 4 is 91.7 Å². The number of para-hydroxylation sites is 1. The van der Waals surface area contributed by atoms with Crippen molar-refractivity contribution in [3.05, 3.63) is 134 Å². The van der Waals surface area contributed by atoms with E-state index in [1.165, 1.54) is 75.2 Å². The standard InChI is InChI=1S/C23H19Cl2N5O5.C22H20Cl2N6O3/c1-11-6-5-7-14(30(32)33)12(11)8-17-26-10-13-22(28-17)29(2)23(31)21(27-13)18-19(24)15(34-3)9-16(35-4)20(18)25;1-10-6-5-7-11(25)18(10)28-22-26-9-12-20(29-22)30(2)21(31)19(27-12)15-16(23)13(32-3)8-14(33-4)17(15)24/h5-7,9-10H,8H2,1-4H3;5-9H,25H2,1-4H3,(H,26,28,29). The van der Waals surface area contributed by atoms with Crippen LogP contribution in [0.2, 0.25) is 20.1 Å². The minimum atomic E-state index is -0.511. The van der Waals surface area contributed by atoms with Gasteiger partial charge in [-0.25, -0.2) is 24.9 Å². The van der Waals surface area contributed by atoms with Crippen molar-refractivity contribution in [3.8, 4) is 45.5 Å². The van der Waals surface area contributed by atoms with Crippen LogP contribution in [0, 0.1) is 24.0 Å². The van der Waals surface area contributed by atoms with Crippen LogP contribution in [-0.4, -0.2) is 72.4 Å². The second kappa shape index (κ2) is 19.9. The van der Waals surface area contributed by atoms with Crippen molar-refractivity contribution in [1.82, 2.24) is 39.0 Å². The Morgan fingerprint density at radius 3 is 1.60 bits per heavy atom. The molecule has 0 unspecified atom stereocenters. The molecule has 0 amide bonds.